The molecule has 0 aliphatic rings. The second-order valence-corrected chi connectivity index (χ2v) is 13.1. The quantitative estimate of drug-likeness (QED) is 0.457. The fourth-order valence-electron chi connectivity index (χ4n) is 2.96. The summed E-state index contributed by atoms with van der Waals surface area (Å²) in [5.41, 5.74) is 0.917. The highest BCUT2D eigenvalue weighted by Crippen LogP contribution is 2.31. The molecule has 0 saturated carbocycles. The highest BCUT2D eigenvalue weighted by atomic mass is 32.2. The molecule has 0 fully saturated rings. The molecule has 1 amide bonds. The second-order valence-electron chi connectivity index (χ2n) is 7.97. The van der Waals surface area contributed by atoms with Crippen LogP contribution in [0.15, 0.2) is 52.3 Å². The molecule has 178 valence electrons. The second kappa shape index (κ2) is 9.47. The topological polar surface area (TPSA) is 108 Å². The summed E-state index contributed by atoms with van der Waals surface area (Å²) in [6.07, 6.45) is 1.14. The van der Waals surface area contributed by atoms with Gasteiger partial charge in [0.25, 0.3) is 5.91 Å². The molecule has 9 nitrogen and oxygen atoms in total. The number of hydrogen-bond acceptors (Lipinski definition) is 8. The number of sulfonamides is 1. The minimum Gasteiger partial charge on any atom is -0.308 e. The molecule has 0 spiro atoms. The van der Waals surface area contributed by atoms with Crippen molar-refractivity contribution in [3.05, 3.63) is 48.0 Å². The Hall–Kier alpha value is -2.38. The zero-order chi connectivity index (χ0) is 24.6. The largest absolute Gasteiger partial charge is 0.308 e. The van der Waals surface area contributed by atoms with Crippen molar-refractivity contribution in [1.82, 2.24) is 14.2 Å². The molecule has 0 atom stereocenters. The van der Waals surface area contributed by atoms with Crippen LogP contribution in [0.4, 0.5) is 5.13 Å². The number of aromatic nitrogens is 1. The number of sulfone groups is 1. The van der Waals surface area contributed by atoms with E-state index >= 15 is 0 Å². The molecule has 0 bridgehead atoms. The molecule has 0 unspecified atom stereocenters. The van der Waals surface area contributed by atoms with Gasteiger partial charge in [-0.15, -0.1) is 0 Å². The van der Waals surface area contributed by atoms with Crippen LogP contribution in [0.25, 0.3) is 10.2 Å². The van der Waals surface area contributed by atoms with Crippen molar-refractivity contribution in [3.63, 3.8) is 0 Å². The molecule has 0 aliphatic carbocycles. The Balaban J connectivity index is 2.00. The number of thiazole rings is 1. The summed E-state index contributed by atoms with van der Waals surface area (Å²) < 4.78 is 50.2. The summed E-state index contributed by atoms with van der Waals surface area (Å²) in [4.78, 5) is 21.7. The van der Waals surface area contributed by atoms with Crippen LogP contribution < -0.4 is 4.90 Å². The van der Waals surface area contributed by atoms with Crippen molar-refractivity contribution in [2.45, 2.75) is 9.79 Å². The maximum atomic E-state index is 13.4. The standard InChI is InChI=1S/C21H26N4O5S3/c1-23(2)12-13-25(20(26)15-6-8-16(9-7-15)33(29,30)24(3)4)21-22-18-11-10-17(32(5,27)28)14-19(18)31-21/h6-11,14H,12-13H2,1-5H3. The molecule has 1 heterocycles. The van der Waals surface area contributed by atoms with E-state index in [-0.39, 0.29) is 15.7 Å². The molecular formula is C21H26N4O5S3. The van der Waals surface area contributed by atoms with Gasteiger partial charge >= 0.3 is 0 Å². The van der Waals surface area contributed by atoms with E-state index in [1.807, 2.05) is 19.0 Å². The van der Waals surface area contributed by atoms with Gasteiger partial charge in [0.2, 0.25) is 10.0 Å². The number of fused-ring (bicyclic) bond motifs is 1. The van der Waals surface area contributed by atoms with Gasteiger partial charge in [0.1, 0.15) is 0 Å². The monoisotopic (exact) mass is 510 g/mol. The van der Waals surface area contributed by atoms with Crippen LogP contribution in [-0.2, 0) is 19.9 Å². The average molecular weight is 511 g/mol. The molecule has 1 aromatic heterocycles. The number of anilines is 1. The number of benzene rings is 2. The highest BCUT2D eigenvalue weighted by molar-refractivity contribution is 7.90. The van der Waals surface area contributed by atoms with Gasteiger partial charge in [-0.25, -0.2) is 26.1 Å². The summed E-state index contributed by atoms with van der Waals surface area (Å²) in [5.74, 6) is -0.326. The molecule has 0 N–H and O–H groups in total. The minimum atomic E-state index is -3.60. The maximum Gasteiger partial charge on any atom is 0.260 e. The molecule has 3 rings (SSSR count). The number of rotatable bonds is 8. The van der Waals surface area contributed by atoms with E-state index in [1.54, 1.807) is 12.1 Å². The predicted molar refractivity (Wildman–Crippen MR) is 130 cm³/mol. The number of hydrogen-bond donors (Lipinski definition) is 0. The smallest absolute Gasteiger partial charge is 0.260 e. The zero-order valence-electron chi connectivity index (χ0n) is 19.0. The maximum absolute atomic E-state index is 13.4. The molecule has 0 aliphatic heterocycles. The first-order chi connectivity index (χ1) is 15.3. The Morgan fingerprint density at radius 2 is 1.52 bits per heavy atom. The first kappa shape index (κ1) is 25.2. The van der Waals surface area contributed by atoms with Gasteiger partial charge in [-0.3, -0.25) is 9.69 Å². The van der Waals surface area contributed by atoms with E-state index in [1.165, 1.54) is 60.7 Å². The van der Waals surface area contributed by atoms with Crippen LogP contribution in [0.5, 0.6) is 0 Å². The van der Waals surface area contributed by atoms with Gasteiger partial charge in [-0.2, -0.15) is 0 Å². The Bertz CT molecular complexity index is 1380. The van der Waals surface area contributed by atoms with Gasteiger partial charge in [-0.1, -0.05) is 11.3 Å². The lowest BCUT2D eigenvalue weighted by atomic mass is 10.2. The van der Waals surface area contributed by atoms with Gasteiger partial charge < -0.3 is 4.90 Å². The van der Waals surface area contributed by atoms with E-state index in [0.717, 1.165) is 10.6 Å². The summed E-state index contributed by atoms with van der Waals surface area (Å²) in [5, 5.41) is 0.437. The van der Waals surface area contributed by atoms with Gasteiger partial charge in [0, 0.05) is 39.0 Å². The molecule has 0 radical (unpaired) electrons. The number of nitrogens with zero attached hydrogens (tertiary/aromatic N) is 4. The summed E-state index contributed by atoms with van der Waals surface area (Å²) in [7, 11) is -0.307. The Kier molecular flexibility index (Phi) is 7.24. The third kappa shape index (κ3) is 5.58. The fourth-order valence-corrected chi connectivity index (χ4v) is 5.61. The lowest BCUT2D eigenvalue weighted by Gasteiger charge is -2.22. The van der Waals surface area contributed by atoms with Crippen LogP contribution in [0.3, 0.4) is 0 Å². The van der Waals surface area contributed by atoms with Crippen LogP contribution in [-0.4, -0.2) is 84.5 Å². The number of carbonyl (C=O) groups is 1. The number of likely N-dealkylation sites (N-methyl/N-ethyl adjacent to an activating group) is 1. The molecule has 2 aromatic carbocycles. The molecule has 12 heteroatoms. The van der Waals surface area contributed by atoms with Crippen LogP contribution in [0.2, 0.25) is 0 Å². The van der Waals surface area contributed by atoms with Gasteiger partial charge in [-0.05, 0) is 56.6 Å². The third-order valence-corrected chi connectivity index (χ3v) is 8.88. The SMILES string of the molecule is CN(C)CCN(C(=O)c1ccc(S(=O)(=O)N(C)C)cc1)c1nc2ccc(S(C)(=O)=O)cc2s1. The molecule has 33 heavy (non-hydrogen) atoms. The minimum absolute atomic E-state index is 0.0946. The number of amides is 1. The third-order valence-electron chi connectivity index (χ3n) is 4.90. The molecule has 3 aromatic rings. The summed E-state index contributed by atoms with van der Waals surface area (Å²) in [6.45, 7) is 0.922. The predicted octanol–water partition coefficient (Wildman–Crippen LogP) is 2.16. The Morgan fingerprint density at radius 1 is 0.909 bits per heavy atom. The first-order valence-electron chi connectivity index (χ1n) is 9.90. The normalized spacial score (nSPS) is 12.6. The zero-order valence-corrected chi connectivity index (χ0v) is 21.5. The lowest BCUT2D eigenvalue weighted by molar-refractivity contribution is 0.0985. The van der Waals surface area contributed by atoms with Crippen molar-refractivity contribution < 1.29 is 21.6 Å². The van der Waals surface area contributed by atoms with Gasteiger partial charge in [0.05, 0.1) is 20.0 Å². The van der Waals surface area contributed by atoms with E-state index < -0.39 is 19.9 Å². The molecule has 0 saturated heterocycles. The number of carbonyl (C=O) groups excluding carboxylic acids is 1. The van der Waals surface area contributed by atoms with E-state index in [4.69, 9.17) is 0 Å². The van der Waals surface area contributed by atoms with Crippen LogP contribution in [0.1, 0.15) is 10.4 Å². The van der Waals surface area contributed by atoms with Crippen molar-refractivity contribution in [2.24, 2.45) is 0 Å². The van der Waals surface area contributed by atoms with Crippen LogP contribution in [0, 0.1) is 0 Å². The van der Waals surface area contributed by atoms with Crippen molar-refractivity contribution in [3.8, 4) is 0 Å². The van der Waals surface area contributed by atoms with Gasteiger partial charge in [0.15, 0.2) is 15.0 Å². The van der Waals surface area contributed by atoms with E-state index in [2.05, 4.69) is 4.98 Å². The van der Waals surface area contributed by atoms with E-state index in [0.29, 0.717) is 34.0 Å². The Labute approximate surface area is 198 Å². The highest BCUT2D eigenvalue weighted by Gasteiger charge is 2.23. The van der Waals surface area contributed by atoms with Crippen molar-refractivity contribution in [2.75, 3.05) is 52.4 Å². The van der Waals surface area contributed by atoms with Crippen molar-refractivity contribution in [1.29, 1.82) is 0 Å². The van der Waals surface area contributed by atoms with E-state index in [9.17, 15) is 21.6 Å². The molecular weight excluding hydrogens is 484 g/mol. The average Bonchev–Trinajstić information content (AvgIpc) is 3.15. The fraction of sp³-hybridized carbons (Fsp3) is 0.333. The summed E-state index contributed by atoms with van der Waals surface area (Å²) >= 11 is 1.23. The first-order valence-corrected chi connectivity index (χ1v) is 14.1. The van der Waals surface area contributed by atoms with Crippen molar-refractivity contribution >= 4 is 52.5 Å². The Morgan fingerprint density at radius 3 is 2.06 bits per heavy atom. The lowest BCUT2D eigenvalue weighted by Crippen LogP contribution is -2.36. The van der Waals surface area contributed by atoms with Crippen LogP contribution >= 0.6 is 11.3 Å². The summed E-state index contributed by atoms with van der Waals surface area (Å²) in [6, 6.07) is 10.5.